The average molecular weight is 468 g/mol. The molecule has 0 bridgehead atoms. The smallest absolute Gasteiger partial charge is 0.388 e. The van der Waals surface area contributed by atoms with Crippen molar-refractivity contribution in [3.05, 3.63) is 33.1 Å². The molecule has 5 atom stereocenters. The molecule has 160 valence electrons. The molecular weight excluding hydrogens is 453 g/mol. The van der Waals surface area contributed by atoms with E-state index in [-0.39, 0.29) is 6.42 Å². The van der Waals surface area contributed by atoms with Gasteiger partial charge in [-0.15, -0.1) is 0 Å². The number of hydrogen-bond donors (Lipinski definition) is 6. The van der Waals surface area contributed by atoms with Crippen LogP contribution in [0.1, 0.15) is 12.6 Å². The molecule has 0 aliphatic carbocycles. The molecule has 6 N–H and O–H groups in total. The van der Waals surface area contributed by atoms with Gasteiger partial charge in [0, 0.05) is 18.7 Å². The van der Waals surface area contributed by atoms with Gasteiger partial charge in [0.25, 0.3) is 5.56 Å². The topological polar surface area (TPSA) is 244 Å². The van der Waals surface area contributed by atoms with Gasteiger partial charge in [-0.25, -0.2) is 18.5 Å². The predicted molar refractivity (Wildman–Crippen MR) is 85.7 cm³/mol. The number of phosphoric ester groups is 1. The number of nitrogens with one attached hydrogen (secondary N) is 1. The number of ether oxygens (including phenoxy) is 1. The van der Waals surface area contributed by atoms with E-state index in [2.05, 4.69) is 13.1 Å². The van der Waals surface area contributed by atoms with Crippen LogP contribution in [-0.2, 0) is 31.6 Å². The molecule has 2 heterocycles. The van der Waals surface area contributed by atoms with Crippen LogP contribution in [-0.4, -0.2) is 53.0 Å². The third-order valence-electron chi connectivity index (χ3n) is 3.13. The highest BCUT2D eigenvalue weighted by atomic mass is 31.3. The van der Waals surface area contributed by atoms with E-state index < -0.39 is 59.8 Å². The zero-order valence-electron chi connectivity index (χ0n) is 13.5. The molecular formula is C9H15N2O14P3. The summed E-state index contributed by atoms with van der Waals surface area (Å²) in [4.78, 5) is 59.9. The second-order valence-electron chi connectivity index (χ2n) is 5.36. The number of hydrogen-bond acceptors (Lipinski definition) is 10. The maximum absolute atomic E-state index is 11.7. The molecule has 28 heavy (non-hydrogen) atoms. The Kier molecular flexibility index (Phi) is 6.99. The van der Waals surface area contributed by atoms with Crippen LogP contribution < -0.4 is 11.2 Å². The van der Waals surface area contributed by atoms with Gasteiger partial charge in [0.05, 0.1) is 12.7 Å². The maximum Gasteiger partial charge on any atom is 0.490 e. The molecule has 1 aromatic heterocycles. The quantitative estimate of drug-likeness (QED) is 0.239. The van der Waals surface area contributed by atoms with Crippen LogP contribution in [0.15, 0.2) is 21.9 Å². The SMILES string of the molecule is O=c1ccn([C@@H]2O[C@H](COP(=O)(O)OP(=O)(O)OP(=O)(O)O)C[C@H]2O)c(=O)[nH]1. The Labute approximate surface area is 154 Å². The fourth-order valence-corrected chi connectivity index (χ4v) is 5.24. The molecule has 0 amide bonds. The van der Waals surface area contributed by atoms with E-state index >= 15 is 0 Å². The second kappa shape index (κ2) is 8.40. The first-order chi connectivity index (χ1) is 12.7. The van der Waals surface area contributed by atoms with Crippen molar-refractivity contribution in [1.29, 1.82) is 0 Å². The summed E-state index contributed by atoms with van der Waals surface area (Å²) in [6.45, 7) is -0.782. The van der Waals surface area contributed by atoms with E-state index in [4.69, 9.17) is 19.4 Å². The lowest BCUT2D eigenvalue weighted by molar-refractivity contribution is -0.0524. The third-order valence-corrected chi connectivity index (χ3v) is 6.93. The maximum atomic E-state index is 11.7. The molecule has 1 aliphatic heterocycles. The molecule has 1 aliphatic rings. The minimum absolute atomic E-state index is 0.202. The minimum Gasteiger partial charge on any atom is -0.388 e. The number of aliphatic hydroxyl groups excluding tert-OH is 1. The van der Waals surface area contributed by atoms with E-state index in [9.17, 15) is 33.3 Å². The van der Waals surface area contributed by atoms with Crippen molar-refractivity contribution >= 4 is 23.5 Å². The molecule has 2 rings (SSSR count). The largest absolute Gasteiger partial charge is 0.490 e. The lowest BCUT2D eigenvalue weighted by atomic mass is 10.2. The van der Waals surface area contributed by atoms with E-state index in [0.717, 1.165) is 16.8 Å². The van der Waals surface area contributed by atoms with E-state index in [0.29, 0.717) is 0 Å². The highest BCUT2D eigenvalue weighted by Gasteiger charge is 2.42. The summed E-state index contributed by atoms with van der Waals surface area (Å²) in [5, 5.41) is 9.96. The Hall–Kier alpha value is -0.990. The number of aliphatic hydroxyl groups is 1. The van der Waals surface area contributed by atoms with Gasteiger partial charge < -0.3 is 29.4 Å². The van der Waals surface area contributed by atoms with Crippen molar-refractivity contribution < 1.29 is 56.3 Å². The van der Waals surface area contributed by atoms with Crippen LogP contribution >= 0.6 is 23.5 Å². The van der Waals surface area contributed by atoms with Crippen LogP contribution in [0, 0.1) is 0 Å². The highest BCUT2D eigenvalue weighted by Crippen LogP contribution is 2.66. The molecule has 1 saturated heterocycles. The second-order valence-corrected chi connectivity index (χ2v) is 9.78. The third kappa shape index (κ3) is 6.81. The van der Waals surface area contributed by atoms with Crippen LogP contribution in [0.4, 0.5) is 0 Å². The molecule has 0 radical (unpaired) electrons. The van der Waals surface area contributed by atoms with Crippen molar-refractivity contribution in [3.63, 3.8) is 0 Å². The van der Waals surface area contributed by atoms with Gasteiger partial charge in [-0.2, -0.15) is 8.62 Å². The Bertz CT molecular complexity index is 965. The van der Waals surface area contributed by atoms with E-state index in [1.165, 1.54) is 0 Å². The summed E-state index contributed by atoms with van der Waals surface area (Å²) in [5.74, 6) is 0. The molecule has 19 heteroatoms. The lowest BCUT2D eigenvalue weighted by Gasteiger charge is -2.19. The van der Waals surface area contributed by atoms with Crippen molar-refractivity contribution in [2.24, 2.45) is 0 Å². The van der Waals surface area contributed by atoms with Crippen LogP contribution in [0.3, 0.4) is 0 Å². The van der Waals surface area contributed by atoms with Gasteiger partial charge in [0.1, 0.15) is 6.10 Å². The number of aromatic nitrogens is 2. The zero-order valence-corrected chi connectivity index (χ0v) is 16.2. The Morgan fingerprint density at radius 2 is 1.79 bits per heavy atom. The Balaban J connectivity index is 1.98. The van der Waals surface area contributed by atoms with Gasteiger partial charge in [0.2, 0.25) is 0 Å². The lowest BCUT2D eigenvalue weighted by Crippen LogP contribution is -2.34. The van der Waals surface area contributed by atoms with Crippen LogP contribution in [0.2, 0.25) is 0 Å². The molecule has 0 spiro atoms. The Morgan fingerprint density at radius 3 is 2.36 bits per heavy atom. The van der Waals surface area contributed by atoms with Gasteiger partial charge in [-0.05, 0) is 0 Å². The monoisotopic (exact) mass is 468 g/mol. The summed E-state index contributed by atoms with van der Waals surface area (Å²) >= 11 is 0. The van der Waals surface area contributed by atoms with Crippen molar-refractivity contribution in [3.8, 4) is 0 Å². The number of aromatic amines is 1. The van der Waals surface area contributed by atoms with Gasteiger partial charge in [-0.1, -0.05) is 0 Å². The first-order valence-electron chi connectivity index (χ1n) is 7.11. The standard InChI is InChI=1S/C9H15N2O14P3/c12-6-3-5(23-8(6)11-2-1-7(13)10-9(11)14)4-22-27(18,19)25-28(20,21)24-26(15,16)17/h1-2,5-6,8,12H,3-4H2,(H,18,19)(H,20,21)(H,10,13,14)(H2,15,16,17)/t5-,6+,8+/m0/s1. The zero-order chi connectivity index (χ0) is 21.3. The number of phosphoric acid groups is 3. The molecule has 0 saturated carbocycles. The number of H-pyrrole nitrogens is 1. The minimum atomic E-state index is -5.65. The predicted octanol–water partition coefficient (Wildman–Crippen LogP) is -1.47. The van der Waals surface area contributed by atoms with Crippen molar-refractivity contribution in [2.75, 3.05) is 6.61 Å². The molecule has 1 fully saturated rings. The van der Waals surface area contributed by atoms with Crippen molar-refractivity contribution in [1.82, 2.24) is 9.55 Å². The van der Waals surface area contributed by atoms with E-state index in [1.54, 1.807) is 0 Å². The summed E-state index contributed by atoms with van der Waals surface area (Å²) in [5.41, 5.74) is -1.57. The number of nitrogens with zero attached hydrogens (tertiary/aromatic N) is 1. The normalized spacial score (nSPS) is 27.2. The van der Waals surface area contributed by atoms with Gasteiger partial charge in [0.15, 0.2) is 6.23 Å². The number of rotatable bonds is 8. The van der Waals surface area contributed by atoms with Gasteiger partial charge >= 0.3 is 29.2 Å². The first-order valence-corrected chi connectivity index (χ1v) is 11.6. The molecule has 2 unspecified atom stereocenters. The summed E-state index contributed by atoms with van der Waals surface area (Å²) in [7, 11) is -16.5. The molecule has 0 aromatic carbocycles. The fraction of sp³-hybridized carbons (Fsp3) is 0.556. The fourth-order valence-electron chi connectivity index (χ4n) is 2.20. The first kappa shape index (κ1) is 23.3. The average Bonchev–Trinajstić information content (AvgIpc) is 2.82. The van der Waals surface area contributed by atoms with E-state index in [1.807, 2.05) is 4.98 Å². The summed E-state index contributed by atoms with van der Waals surface area (Å²) in [6, 6.07) is 0.997. The van der Waals surface area contributed by atoms with Gasteiger partial charge in [-0.3, -0.25) is 18.9 Å². The van der Waals surface area contributed by atoms with Crippen LogP contribution in [0.25, 0.3) is 0 Å². The van der Waals surface area contributed by atoms with Crippen molar-refractivity contribution in [2.45, 2.75) is 24.9 Å². The summed E-state index contributed by atoms with van der Waals surface area (Å²) < 4.78 is 51.0. The molecule has 1 aromatic rings. The molecule has 16 nitrogen and oxygen atoms in total. The van der Waals surface area contributed by atoms with Crippen LogP contribution in [0.5, 0.6) is 0 Å². The summed E-state index contributed by atoms with van der Waals surface area (Å²) in [6.07, 6.45) is -2.79. The highest BCUT2D eigenvalue weighted by molar-refractivity contribution is 7.66. The Morgan fingerprint density at radius 1 is 1.14 bits per heavy atom.